The molecule has 2 aliphatic rings. The van der Waals surface area contributed by atoms with Crippen molar-refractivity contribution in [3.8, 4) is 0 Å². The first-order chi connectivity index (χ1) is 14.1. The van der Waals surface area contributed by atoms with Gasteiger partial charge >= 0.3 is 5.97 Å². The van der Waals surface area contributed by atoms with Gasteiger partial charge in [-0.3, -0.25) is 14.2 Å². The number of rotatable bonds is 5. The number of pyridine rings is 1. The number of hydrogen-bond donors (Lipinski definition) is 1. The van der Waals surface area contributed by atoms with Crippen LogP contribution in [0.1, 0.15) is 51.8 Å². The van der Waals surface area contributed by atoms with Crippen LogP contribution in [0.15, 0.2) is 52.3 Å². The number of benzene rings is 2. The fourth-order valence-corrected chi connectivity index (χ4v) is 5.74. The molecule has 1 N–H and O–H groups in total. The van der Waals surface area contributed by atoms with Crippen LogP contribution in [0.5, 0.6) is 0 Å². The molecule has 0 spiro atoms. The monoisotopic (exact) mass is 405 g/mol. The largest absolute Gasteiger partial charge is 0.480 e. The normalized spacial score (nSPS) is 18.0. The van der Waals surface area contributed by atoms with E-state index in [1.165, 1.54) is 16.3 Å². The van der Waals surface area contributed by atoms with Crippen LogP contribution in [0.25, 0.3) is 10.8 Å². The van der Waals surface area contributed by atoms with Crippen LogP contribution in [0.2, 0.25) is 0 Å². The quantitative estimate of drug-likeness (QED) is 0.649. The molecule has 0 saturated heterocycles. The molecule has 5 rings (SSSR count). The fourth-order valence-electron chi connectivity index (χ4n) is 4.34. The predicted octanol–water partition coefficient (Wildman–Crippen LogP) is 4.01. The van der Waals surface area contributed by atoms with Crippen molar-refractivity contribution in [2.75, 3.05) is 5.75 Å². The van der Waals surface area contributed by atoms with E-state index >= 15 is 0 Å². The molecule has 1 fully saturated rings. The number of carboxylic acid groups (broad SMARTS) is 1. The van der Waals surface area contributed by atoms with Gasteiger partial charge in [-0.2, -0.15) is 0 Å². The summed E-state index contributed by atoms with van der Waals surface area (Å²) in [7, 11) is 0. The number of carbonyl (C=O) groups excluding carboxylic acids is 1. The van der Waals surface area contributed by atoms with E-state index in [-0.39, 0.29) is 5.56 Å². The fraction of sp³-hybridized carbons (Fsp3) is 0.261. The molecule has 0 bridgehead atoms. The second-order valence-corrected chi connectivity index (χ2v) is 8.67. The lowest BCUT2D eigenvalue weighted by Gasteiger charge is -2.19. The van der Waals surface area contributed by atoms with Gasteiger partial charge in [0, 0.05) is 5.75 Å². The van der Waals surface area contributed by atoms with Gasteiger partial charge in [0.05, 0.1) is 10.6 Å². The highest BCUT2D eigenvalue weighted by Crippen LogP contribution is 2.49. The molecule has 146 valence electrons. The highest BCUT2D eigenvalue weighted by Gasteiger charge is 2.39. The molecule has 1 aliphatic carbocycles. The van der Waals surface area contributed by atoms with Crippen molar-refractivity contribution in [2.45, 2.75) is 36.2 Å². The molecule has 6 heteroatoms. The van der Waals surface area contributed by atoms with Crippen LogP contribution in [-0.2, 0) is 11.2 Å². The van der Waals surface area contributed by atoms with E-state index in [9.17, 15) is 19.5 Å². The standard InChI is InChI=1S/C23H19NO4S/c25-11-18-17(10-15-6-3-5-13-4-1-2-7-16(13)15)20(14-8-9-14)22-24(21(18)26)19(12-29-22)23(27)28/h1-7,11,14,19H,8-10,12H2,(H,27,28)/t19-/m0/s1. The van der Waals surface area contributed by atoms with Crippen LogP contribution in [0.3, 0.4) is 0 Å². The smallest absolute Gasteiger partial charge is 0.327 e. The maximum atomic E-state index is 13.1. The number of carbonyl (C=O) groups is 2. The number of aromatic nitrogens is 1. The van der Waals surface area contributed by atoms with E-state index in [2.05, 4.69) is 6.07 Å². The van der Waals surface area contributed by atoms with E-state index in [1.54, 1.807) is 0 Å². The first-order valence-corrected chi connectivity index (χ1v) is 10.7. The Labute approximate surface area is 171 Å². The summed E-state index contributed by atoms with van der Waals surface area (Å²) in [5, 5.41) is 12.5. The van der Waals surface area contributed by atoms with Gasteiger partial charge in [-0.25, -0.2) is 4.79 Å². The molecule has 2 aromatic carbocycles. The van der Waals surface area contributed by atoms with Crippen LogP contribution in [-0.4, -0.2) is 27.7 Å². The molecule has 1 atom stereocenters. The second kappa shape index (κ2) is 6.88. The molecular weight excluding hydrogens is 386 g/mol. The third-order valence-electron chi connectivity index (χ3n) is 5.87. The van der Waals surface area contributed by atoms with Crippen molar-refractivity contribution < 1.29 is 14.7 Å². The van der Waals surface area contributed by atoms with Gasteiger partial charge in [-0.15, -0.1) is 11.8 Å². The van der Waals surface area contributed by atoms with E-state index in [0.717, 1.165) is 45.3 Å². The van der Waals surface area contributed by atoms with Gasteiger partial charge in [0.1, 0.15) is 6.04 Å². The molecule has 1 saturated carbocycles. The molecular formula is C23H19NO4S. The zero-order valence-electron chi connectivity index (χ0n) is 15.6. The highest BCUT2D eigenvalue weighted by molar-refractivity contribution is 7.99. The van der Waals surface area contributed by atoms with Crippen LogP contribution >= 0.6 is 11.8 Å². The van der Waals surface area contributed by atoms with E-state index in [1.807, 2.05) is 36.4 Å². The number of thioether (sulfide) groups is 1. The van der Waals surface area contributed by atoms with Crippen molar-refractivity contribution >= 4 is 34.8 Å². The van der Waals surface area contributed by atoms with Gasteiger partial charge < -0.3 is 5.11 Å². The minimum absolute atomic E-state index is 0.109. The molecule has 1 aliphatic heterocycles. The van der Waals surface area contributed by atoms with Gasteiger partial charge in [0.25, 0.3) is 5.56 Å². The van der Waals surface area contributed by atoms with Gasteiger partial charge in [0.15, 0.2) is 6.29 Å². The minimum atomic E-state index is -1.03. The Morgan fingerprint density at radius 3 is 2.66 bits per heavy atom. The summed E-state index contributed by atoms with van der Waals surface area (Å²) in [5.74, 6) is -0.417. The highest BCUT2D eigenvalue weighted by atomic mass is 32.2. The van der Waals surface area contributed by atoms with Crippen molar-refractivity contribution in [3.63, 3.8) is 0 Å². The summed E-state index contributed by atoms with van der Waals surface area (Å²) in [6, 6.07) is 13.2. The van der Waals surface area contributed by atoms with Crippen molar-refractivity contribution in [1.82, 2.24) is 4.57 Å². The molecule has 0 unspecified atom stereocenters. The zero-order valence-corrected chi connectivity index (χ0v) is 16.4. The average molecular weight is 405 g/mol. The molecule has 3 aromatic rings. The topological polar surface area (TPSA) is 76.4 Å². The molecule has 2 heterocycles. The molecule has 1 aromatic heterocycles. The van der Waals surface area contributed by atoms with Crippen LogP contribution in [0.4, 0.5) is 0 Å². The number of fused-ring (bicyclic) bond motifs is 2. The second-order valence-electron chi connectivity index (χ2n) is 7.66. The Kier molecular flexibility index (Phi) is 4.32. The summed E-state index contributed by atoms with van der Waals surface area (Å²) < 4.78 is 1.34. The molecule has 0 radical (unpaired) electrons. The van der Waals surface area contributed by atoms with Gasteiger partial charge in [0.2, 0.25) is 0 Å². The summed E-state index contributed by atoms with van der Waals surface area (Å²) in [6.45, 7) is 0. The SMILES string of the molecule is O=Cc1c(Cc2cccc3ccccc23)c(C2CC2)c2n(c1=O)[C@H](C(=O)O)CS2. The molecule has 5 nitrogen and oxygen atoms in total. The summed E-state index contributed by atoms with van der Waals surface area (Å²) in [5.41, 5.74) is 2.47. The lowest BCUT2D eigenvalue weighted by molar-refractivity contribution is -0.140. The van der Waals surface area contributed by atoms with E-state index in [4.69, 9.17) is 0 Å². The molecule has 0 amide bonds. The average Bonchev–Trinajstić information content (AvgIpc) is 3.45. The summed E-state index contributed by atoms with van der Waals surface area (Å²) in [6.07, 6.45) is 3.11. The summed E-state index contributed by atoms with van der Waals surface area (Å²) >= 11 is 1.43. The third kappa shape index (κ3) is 2.90. The number of carboxylic acids is 1. The lowest BCUT2D eigenvalue weighted by atomic mass is 9.92. The maximum absolute atomic E-state index is 13.1. The Morgan fingerprint density at radius 2 is 1.93 bits per heavy atom. The Balaban J connectivity index is 1.75. The number of aliphatic carboxylic acids is 1. The third-order valence-corrected chi connectivity index (χ3v) is 7.05. The lowest BCUT2D eigenvalue weighted by Crippen LogP contribution is -2.32. The molecule has 29 heavy (non-hydrogen) atoms. The first kappa shape index (κ1) is 18.2. The predicted molar refractivity (Wildman–Crippen MR) is 112 cm³/mol. The number of aldehydes is 1. The maximum Gasteiger partial charge on any atom is 0.327 e. The Hall–Kier alpha value is -2.86. The van der Waals surface area contributed by atoms with E-state index < -0.39 is 17.6 Å². The number of hydrogen-bond acceptors (Lipinski definition) is 4. The van der Waals surface area contributed by atoms with Gasteiger partial charge in [-0.05, 0) is 52.6 Å². The van der Waals surface area contributed by atoms with Crippen molar-refractivity contribution in [1.29, 1.82) is 0 Å². The summed E-state index contributed by atoms with van der Waals surface area (Å²) in [4.78, 5) is 36.8. The number of nitrogens with zero attached hydrogens (tertiary/aromatic N) is 1. The Morgan fingerprint density at radius 1 is 1.17 bits per heavy atom. The first-order valence-electron chi connectivity index (χ1n) is 9.69. The van der Waals surface area contributed by atoms with Crippen LogP contribution < -0.4 is 5.56 Å². The van der Waals surface area contributed by atoms with Crippen LogP contribution in [0, 0.1) is 0 Å². The minimum Gasteiger partial charge on any atom is -0.480 e. The van der Waals surface area contributed by atoms with Crippen molar-refractivity contribution in [2.24, 2.45) is 0 Å². The zero-order chi connectivity index (χ0) is 20.1. The van der Waals surface area contributed by atoms with Gasteiger partial charge in [-0.1, -0.05) is 42.5 Å². The van der Waals surface area contributed by atoms with E-state index in [0.29, 0.717) is 24.4 Å². The van der Waals surface area contributed by atoms with Crippen molar-refractivity contribution in [3.05, 3.63) is 75.1 Å². The Bertz CT molecular complexity index is 1220.